The smallest absolute Gasteiger partial charge is 0.0543 e. The number of fused-ring (bicyclic) bond motifs is 7. The van der Waals surface area contributed by atoms with E-state index in [-0.39, 0.29) is 21.7 Å². The lowest BCUT2D eigenvalue weighted by atomic mass is 9.43. The predicted octanol–water partition coefficient (Wildman–Crippen LogP) is 13.5. The summed E-state index contributed by atoms with van der Waals surface area (Å²) in [6.45, 7) is 14.7. The Balaban J connectivity index is 1.22. The van der Waals surface area contributed by atoms with Crippen molar-refractivity contribution in [1.82, 2.24) is 0 Å². The number of anilines is 3. The van der Waals surface area contributed by atoms with Gasteiger partial charge in [0.2, 0.25) is 0 Å². The number of hydrogen-bond donors (Lipinski definition) is 0. The summed E-state index contributed by atoms with van der Waals surface area (Å²) in [5.74, 6) is 3.36. The molecule has 262 valence electrons. The van der Waals surface area contributed by atoms with Crippen LogP contribution >= 0.6 is 0 Å². The van der Waals surface area contributed by atoms with E-state index >= 15 is 0 Å². The van der Waals surface area contributed by atoms with Crippen LogP contribution in [0.3, 0.4) is 0 Å². The second-order valence-corrected chi connectivity index (χ2v) is 19.6. The highest BCUT2D eigenvalue weighted by Crippen LogP contribution is 2.70. The molecule has 0 N–H and O–H groups in total. The van der Waals surface area contributed by atoms with Crippen LogP contribution in [0.15, 0.2) is 103 Å². The van der Waals surface area contributed by atoms with E-state index in [4.69, 9.17) is 0 Å². The molecular weight excluding hydrogens is 627 g/mol. The summed E-state index contributed by atoms with van der Waals surface area (Å²) in [6.07, 6.45) is 9.53. The van der Waals surface area contributed by atoms with Crippen LogP contribution in [-0.2, 0) is 21.7 Å². The second kappa shape index (κ2) is 10.3. The molecule has 0 heterocycles. The summed E-state index contributed by atoms with van der Waals surface area (Å²) in [5.41, 5.74) is 19.2. The summed E-state index contributed by atoms with van der Waals surface area (Å²) in [5, 5.41) is 0. The SMILES string of the molecule is CC1(C)CCC(C)(C)c2cc(N(c3cccc4c3-c3ccccc3C4(C)C)c3cccc4c3-c3ccccc3C43C4CC5CC(C4)CC3C5)ccc21. The molecule has 4 saturated carbocycles. The van der Waals surface area contributed by atoms with Crippen LogP contribution in [0, 0.1) is 23.7 Å². The van der Waals surface area contributed by atoms with Gasteiger partial charge in [0.15, 0.2) is 0 Å². The zero-order valence-electron chi connectivity index (χ0n) is 32.0. The zero-order chi connectivity index (χ0) is 35.4. The van der Waals surface area contributed by atoms with Crippen molar-refractivity contribution in [1.29, 1.82) is 0 Å². The molecule has 7 aliphatic carbocycles. The molecule has 52 heavy (non-hydrogen) atoms. The van der Waals surface area contributed by atoms with Crippen LogP contribution < -0.4 is 4.90 Å². The third-order valence-electron chi connectivity index (χ3n) is 15.7. The van der Waals surface area contributed by atoms with Gasteiger partial charge in [-0.2, -0.15) is 0 Å². The van der Waals surface area contributed by atoms with E-state index in [9.17, 15) is 0 Å². The summed E-state index contributed by atoms with van der Waals surface area (Å²) < 4.78 is 0. The molecule has 1 heteroatoms. The van der Waals surface area contributed by atoms with Crippen molar-refractivity contribution < 1.29 is 0 Å². The molecule has 5 aromatic rings. The van der Waals surface area contributed by atoms with Crippen molar-refractivity contribution in [2.75, 3.05) is 4.90 Å². The average molecular weight is 680 g/mol. The highest BCUT2D eigenvalue weighted by Gasteiger charge is 2.62. The van der Waals surface area contributed by atoms with Gasteiger partial charge in [0, 0.05) is 27.6 Å². The standard InChI is InChI=1S/C51H53N/c1-48(2)23-24-49(3,4)43-30-35(21-22-40(43)48)52(44-19-11-17-41-46(44)36-13-7-9-15-38(36)50(41,5)6)45-20-12-18-42-47(45)37-14-8-10-16-39(37)51(42)33-26-31-25-32(28-33)29-34(51)27-31/h7-22,30-34H,23-29H2,1-6H3. The summed E-state index contributed by atoms with van der Waals surface area (Å²) in [4.78, 5) is 2.71. The van der Waals surface area contributed by atoms with Gasteiger partial charge in [-0.1, -0.05) is 120 Å². The first-order chi connectivity index (χ1) is 25.0. The topological polar surface area (TPSA) is 3.24 Å². The van der Waals surface area contributed by atoms with Gasteiger partial charge >= 0.3 is 0 Å². The van der Waals surface area contributed by atoms with Gasteiger partial charge in [-0.3, -0.25) is 0 Å². The Morgan fingerprint density at radius 3 is 1.63 bits per heavy atom. The van der Waals surface area contributed by atoms with E-state index in [2.05, 4.69) is 150 Å². The summed E-state index contributed by atoms with van der Waals surface area (Å²) >= 11 is 0. The largest absolute Gasteiger partial charge is 0.309 e. The molecule has 7 aliphatic rings. The molecule has 0 saturated heterocycles. The Bertz CT molecular complexity index is 2290. The maximum Gasteiger partial charge on any atom is 0.0543 e. The van der Waals surface area contributed by atoms with Crippen LogP contribution in [0.1, 0.15) is 120 Å². The first-order valence-corrected chi connectivity index (χ1v) is 20.4. The lowest BCUT2D eigenvalue weighted by Gasteiger charge is -2.61. The number of rotatable bonds is 3. The molecule has 0 aromatic heterocycles. The second-order valence-electron chi connectivity index (χ2n) is 19.6. The molecule has 12 rings (SSSR count). The quantitative estimate of drug-likeness (QED) is 0.183. The fraction of sp³-hybridized carbons (Fsp3) is 0.412. The van der Waals surface area contributed by atoms with Gasteiger partial charge in [0.1, 0.15) is 0 Å². The van der Waals surface area contributed by atoms with Crippen LogP contribution in [0.2, 0.25) is 0 Å². The minimum atomic E-state index is -0.0643. The number of nitrogens with zero attached hydrogens (tertiary/aromatic N) is 1. The summed E-state index contributed by atoms with van der Waals surface area (Å²) in [7, 11) is 0. The molecule has 4 fully saturated rings. The molecule has 4 bridgehead atoms. The predicted molar refractivity (Wildman–Crippen MR) is 217 cm³/mol. The van der Waals surface area contributed by atoms with Gasteiger partial charge in [-0.05, 0) is 148 Å². The normalized spacial score (nSPS) is 28.6. The molecule has 0 aliphatic heterocycles. The van der Waals surface area contributed by atoms with Crippen molar-refractivity contribution in [3.05, 3.63) is 137 Å². The minimum absolute atomic E-state index is 0.0643. The maximum atomic E-state index is 2.71. The van der Waals surface area contributed by atoms with Crippen molar-refractivity contribution in [2.24, 2.45) is 23.7 Å². The van der Waals surface area contributed by atoms with Gasteiger partial charge in [0.25, 0.3) is 0 Å². The van der Waals surface area contributed by atoms with E-state index in [0.29, 0.717) is 0 Å². The molecule has 0 unspecified atom stereocenters. The molecule has 0 radical (unpaired) electrons. The Morgan fingerprint density at radius 1 is 0.462 bits per heavy atom. The lowest BCUT2D eigenvalue weighted by molar-refractivity contribution is -0.0399. The number of benzene rings is 5. The third kappa shape index (κ3) is 3.91. The Hall–Kier alpha value is -4.10. The minimum Gasteiger partial charge on any atom is -0.309 e. The van der Waals surface area contributed by atoms with E-state index in [1.165, 1.54) is 107 Å². The van der Waals surface area contributed by atoms with Crippen LogP contribution in [0.4, 0.5) is 17.1 Å². The zero-order valence-corrected chi connectivity index (χ0v) is 32.0. The highest BCUT2D eigenvalue weighted by atomic mass is 15.1. The van der Waals surface area contributed by atoms with Crippen LogP contribution in [0.25, 0.3) is 22.3 Å². The van der Waals surface area contributed by atoms with Gasteiger partial charge in [0.05, 0.1) is 11.4 Å². The van der Waals surface area contributed by atoms with Gasteiger partial charge in [-0.25, -0.2) is 0 Å². The Morgan fingerprint density at radius 2 is 0.981 bits per heavy atom. The maximum absolute atomic E-state index is 2.71. The third-order valence-corrected chi connectivity index (χ3v) is 15.7. The van der Waals surface area contributed by atoms with E-state index in [0.717, 1.165) is 23.7 Å². The Kier molecular flexibility index (Phi) is 6.23. The van der Waals surface area contributed by atoms with Crippen molar-refractivity contribution in [3.8, 4) is 22.3 Å². The monoisotopic (exact) mass is 679 g/mol. The molecule has 1 nitrogen and oxygen atoms in total. The highest BCUT2D eigenvalue weighted by molar-refractivity contribution is 6.00. The fourth-order valence-electron chi connectivity index (χ4n) is 13.4. The van der Waals surface area contributed by atoms with Gasteiger partial charge < -0.3 is 4.90 Å². The van der Waals surface area contributed by atoms with Crippen LogP contribution in [0.5, 0.6) is 0 Å². The molecule has 5 aromatic carbocycles. The molecule has 1 spiro atoms. The van der Waals surface area contributed by atoms with Crippen molar-refractivity contribution >= 4 is 17.1 Å². The van der Waals surface area contributed by atoms with Crippen LogP contribution in [-0.4, -0.2) is 0 Å². The van der Waals surface area contributed by atoms with E-state index in [1.807, 2.05) is 0 Å². The average Bonchev–Trinajstić information content (AvgIpc) is 3.56. The van der Waals surface area contributed by atoms with Crippen molar-refractivity contribution in [2.45, 2.75) is 108 Å². The molecule has 0 amide bonds. The van der Waals surface area contributed by atoms with E-state index in [1.54, 1.807) is 11.1 Å². The molecule has 0 atom stereocenters. The summed E-state index contributed by atoms with van der Waals surface area (Å²) in [6, 6.07) is 41.0. The van der Waals surface area contributed by atoms with E-state index < -0.39 is 0 Å². The Labute approximate surface area is 311 Å². The van der Waals surface area contributed by atoms with Crippen molar-refractivity contribution in [3.63, 3.8) is 0 Å². The number of hydrogen-bond acceptors (Lipinski definition) is 1. The fourth-order valence-corrected chi connectivity index (χ4v) is 13.4. The first kappa shape index (κ1) is 31.4. The lowest BCUT2D eigenvalue weighted by Crippen LogP contribution is -2.55. The molecular formula is C51H53N. The van der Waals surface area contributed by atoms with Gasteiger partial charge in [-0.15, -0.1) is 0 Å². The first-order valence-electron chi connectivity index (χ1n) is 20.4.